The van der Waals surface area contributed by atoms with Crippen molar-refractivity contribution >= 4 is 23.4 Å². The Kier molecular flexibility index (Phi) is 6.57. The number of halogens is 3. The zero-order chi connectivity index (χ0) is 24.4. The Labute approximate surface area is 189 Å². The summed E-state index contributed by atoms with van der Waals surface area (Å²) in [4.78, 5) is 23.3. The minimum absolute atomic E-state index is 0.166. The second-order valence-electron chi connectivity index (χ2n) is 8.69. The lowest BCUT2D eigenvalue weighted by molar-refractivity contribution is -0.141. The summed E-state index contributed by atoms with van der Waals surface area (Å²) in [7, 11) is 0. The van der Waals surface area contributed by atoms with Crippen LogP contribution in [0.25, 0.3) is 11.1 Å². The Bertz CT molecular complexity index is 1140. The maximum atomic E-state index is 12.9. The molecular formula is C23H24F3N5O2. The van der Waals surface area contributed by atoms with E-state index in [4.69, 9.17) is 0 Å². The Balaban J connectivity index is 1.83. The van der Waals surface area contributed by atoms with E-state index in [-0.39, 0.29) is 5.95 Å². The largest absolute Gasteiger partial charge is 0.480 e. The van der Waals surface area contributed by atoms with Crippen molar-refractivity contribution in [2.75, 3.05) is 10.6 Å². The second kappa shape index (κ2) is 9.05. The minimum atomic E-state index is -4.56. The number of aromatic nitrogens is 3. The van der Waals surface area contributed by atoms with Gasteiger partial charge in [0.1, 0.15) is 17.6 Å². The van der Waals surface area contributed by atoms with E-state index < -0.39 is 29.3 Å². The fourth-order valence-electron chi connectivity index (χ4n) is 3.17. The third kappa shape index (κ3) is 6.18. The molecule has 2 heterocycles. The summed E-state index contributed by atoms with van der Waals surface area (Å²) < 4.78 is 38.7. The van der Waals surface area contributed by atoms with Gasteiger partial charge in [0.2, 0.25) is 5.95 Å². The zero-order valence-electron chi connectivity index (χ0n) is 18.5. The first-order valence-corrected chi connectivity index (χ1v) is 10.1. The van der Waals surface area contributed by atoms with E-state index >= 15 is 0 Å². The van der Waals surface area contributed by atoms with Crippen molar-refractivity contribution < 1.29 is 23.1 Å². The highest BCUT2D eigenvalue weighted by Crippen LogP contribution is 2.30. The minimum Gasteiger partial charge on any atom is -0.480 e. The van der Waals surface area contributed by atoms with Crippen LogP contribution in [0.15, 0.2) is 48.8 Å². The van der Waals surface area contributed by atoms with E-state index in [1.165, 1.54) is 0 Å². The summed E-state index contributed by atoms with van der Waals surface area (Å²) in [6.07, 6.45) is -1.92. The molecule has 3 N–H and O–H groups in total. The van der Waals surface area contributed by atoms with Gasteiger partial charge in [-0.15, -0.1) is 0 Å². The third-order valence-electron chi connectivity index (χ3n) is 4.78. The van der Waals surface area contributed by atoms with E-state index in [9.17, 15) is 23.1 Å². The number of aryl methyl sites for hydroxylation is 1. The Morgan fingerprint density at radius 3 is 2.33 bits per heavy atom. The molecule has 0 aliphatic heterocycles. The highest BCUT2D eigenvalue weighted by molar-refractivity contribution is 5.78. The van der Waals surface area contributed by atoms with E-state index in [1.807, 2.05) is 33.8 Å². The molecule has 0 saturated carbocycles. The van der Waals surface area contributed by atoms with Crippen molar-refractivity contribution in [1.82, 2.24) is 15.0 Å². The lowest BCUT2D eigenvalue weighted by Gasteiger charge is -2.28. The van der Waals surface area contributed by atoms with Crippen molar-refractivity contribution in [3.63, 3.8) is 0 Å². The molecule has 0 saturated heterocycles. The van der Waals surface area contributed by atoms with Crippen molar-refractivity contribution in [1.29, 1.82) is 0 Å². The summed E-state index contributed by atoms with van der Waals surface area (Å²) in [5.41, 5.74) is 1.35. The van der Waals surface area contributed by atoms with Gasteiger partial charge in [-0.05, 0) is 53.8 Å². The molecule has 0 spiro atoms. The van der Waals surface area contributed by atoms with Crippen molar-refractivity contribution in [3.05, 3.63) is 60.0 Å². The number of nitrogens with one attached hydrogen (secondary N) is 2. The molecule has 3 rings (SSSR count). The molecule has 0 bridgehead atoms. The Morgan fingerprint density at radius 2 is 1.76 bits per heavy atom. The Hall–Kier alpha value is -3.69. The van der Waals surface area contributed by atoms with Crippen LogP contribution in [0, 0.1) is 12.3 Å². The number of nitrogens with zero attached hydrogens (tertiary/aromatic N) is 3. The van der Waals surface area contributed by atoms with Crippen LogP contribution in [0.4, 0.5) is 30.6 Å². The molecule has 1 aromatic carbocycles. The van der Waals surface area contributed by atoms with E-state index in [0.717, 1.165) is 29.0 Å². The van der Waals surface area contributed by atoms with Crippen molar-refractivity contribution in [2.45, 2.75) is 39.9 Å². The van der Waals surface area contributed by atoms with Gasteiger partial charge < -0.3 is 15.7 Å². The Morgan fingerprint density at radius 1 is 1.03 bits per heavy atom. The van der Waals surface area contributed by atoms with Gasteiger partial charge in [0.25, 0.3) is 0 Å². The summed E-state index contributed by atoms with van der Waals surface area (Å²) in [6.45, 7) is 7.32. The first-order valence-electron chi connectivity index (χ1n) is 10.1. The van der Waals surface area contributed by atoms with Gasteiger partial charge in [0, 0.05) is 23.6 Å². The molecule has 0 amide bonds. The topological polar surface area (TPSA) is 100 Å². The fourth-order valence-corrected chi connectivity index (χ4v) is 3.17. The van der Waals surface area contributed by atoms with Crippen molar-refractivity contribution in [2.24, 2.45) is 5.41 Å². The second-order valence-corrected chi connectivity index (χ2v) is 8.69. The number of benzene rings is 1. The molecule has 174 valence electrons. The lowest BCUT2D eigenvalue weighted by Crippen LogP contribution is -2.41. The number of pyridine rings is 1. The van der Waals surface area contributed by atoms with Gasteiger partial charge >= 0.3 is 12.1 Å². The lowest BCUT2D eigenvalue weighted by atomic mass is 9.87. The van der Waals surface area contributed by atoms with Crippen LogP contribution in [0.2, 0.25) is 0 Å². The molecule has 0 aliphatic carbocycles. The molecular weight excluding hydrogens is 435 g/mol. The molecule has 0 radical (unpaired) electrons. The van der Waals surface area contributed by atoms with Gasteiger partial charge in [-0.1, -0.05) is 26.8 Å². The predicted octanol–water partition coefficient (Wildman–Crippen LogP) is 5.52. The molecule has 0 fully saturated rings. The summed E-state index contributed by atoms with van der Waals surface area (Å²) in [5, 5.41) is 15.2. The number of hydrogen-bond donors (Lipinski definition) is 3. The maximum Gasteiger partial charge on any atom is 0.433 e. The van der Waals surface area contributed by atoms with Crippen LogP contribution in [0.3, 0.4) is 0 Å². The molecule has 0 aliphatic rings. The van der Waals surface area contributed by atoms with Gasteiger partial charge in [0.15, 0.2) is 0 Å². The number of rotatable bonds is 6. The number of hydrogen-bond acceptors (Lipinski definition) is 6. The average molecular weight is 459 g/mol. The van der Waals surface area contributed by atoms with Crippen LogP contribution >= 0.6 is 0 Å². The normalized spacial score (nSPS) is 12.8. The number of carboxylic acid groups (broad SMARTS) is 1. The van der Waals surface area contributed by atoms with Crippen molar-refractivity contribution in [3.8, 4) is 11.1 Å². The van der Waals surface area contributed by atoms with Crippen LogP contribution in [0.1, 0.15) is 32.0 Å². The molecule has 0 unspecified atom stereocenters. The van der Waals surface area contributed by atoms with Crippen LogP contribution in [-0.2, 0) is 11.0 Å². The van der Waals surface area contributed by atoms with E-state index in [1.54, 1.807) is 30.5 Å². The number of anilines is 3. The van der Waals surface area contributed by atoms with Crippen LogP contribution in [-0.4, -0.2) is 32.1 Å². The summed E-state index contributed by atoms with van der Waals surface area (Å²) in [5.74, 6) is -0.718. The third-order valence-corrected chi connectivity index (χ3v) is 4.78. The van der Waals surface area contributed by atoms with E-state index in [0.29, 0.717) is 11.5 Å². The molecule has 33 heavy (non-hydrogen) atoms. The summed E-state index contributed by atoms with van der Waals surface area (Å²) in [6, 6.07) is 8.87. The number of alkyl halides is 3. The first kappa shape index (κ1) is 24.0. The molecule has 7 nitrogen and oxygen atoms in total. The molecule has 3 aromatic rings. The number of carboxylic acids is 1. The van der Waals surface area contributed by atoms with E-state index in [2.05, 4.69) is 25.6 Å². The number of carbonyl (C=O) groups is 1. The molecule has 10 heteroatoms. The van der Waals surface area contributed by atoms with Gasteiger partial charge in [-0.3, -0.25) is 0 Å². The van der Waals surface area contributed by atoms with Crippen LogP contribution in [0.5, 0.6) is 0 Å². The smallest absolute Gasteiger partial charge is 0.433 e. The summed E-state index contributed by atoms with van der Waals surface area (Å²) >= 11 is 0. The first-order chi connectivity index (χ1) is 15.3. The fraction of sp³-hybridized carbons (Fsp3) is 0.304. The van der Waals surface area contributed by atoms with Gasteiger partial charge in [-0.25, -0.2) is 19.7 Å². The zero-order valence-corrected chi connectivity index (χ0v) is 18.5. The monoisotopic (exact) mass is 459 g/mol. The molecule has 1 atom stereocenters. The quantitative estimate of drug-likeness (QED) is 0.446. The van der Waals surface area contributed by atoms with Gasteiger partial charge in [0.05, 0.1) is 0 Å². The highest BCUT2D eigenvalue weighted by atomic mass is 19.4. The standard InChI is InChI=1S/C23H24F3N5O2/c1-13-9-15(11-16(10-13)29-21-27-8-7-17(30-21)23(24,25)26)14-5-6-18(28-12-14)31-19(20(32)33)22(2,3)4/h5-12,19H,1-4H3,(H,28,31)(H,32,33)(H,27,29,30)/t19-/m1/s1. The average Bonchev–Trinajstić information content (AvgIpc) is 2.70. The number of aliphatic carboxylic acids is 1. The maximum absolute atomic E-state index is 12.9. The van der Waals surface area contributed by atoms with Gasteiger partial charge in [-0.2, -0.15) is 13.2 Å². The molecule has 2 aromatic heterocycles. The highest BCUT2D eigenvalue weighted by Gasteiger charge is 2.33. The predicted molar refractivity (Wildman–Crippen MR) is 119 cm³/mol. The van der Waals surface area contributed by atoms with Crippen LogP contribution < -0.4 is 10.6 Å². The SMILES string of the molecule is Cc1cc(Nc2nccc(C(F)(F)F)n2)cc(-c2ccc(N[C@H](C(=O)O)C(C)(C)C)nc2)c1.